The van der Waals surface area contributed by atoms with E-state index in [0.717, 1.165) is 25.9 Å². The van der Waals surface area contributed by atoms with Crippen LogP contribution in [0.1, 0.15) is 26.7 Å². The summed E-state index contributed by atoms with van der Waals surface area (Å²) in [6.07, 6.45) is 2.10. The molecule has 3 nitrogen and oxygen atoms in total. The molecule has 0 saturated carbocycles. The molecule has 0 radical (unpaired) electrons. The van der Waals surface area contributed by atoms with Crippen molar-refractivity contribution in [1.29, 1.82) is 0 Å². The number of halogens is 2. The molecule has 0 aromatic heterocycles. The fourth-order valence-corrected chi connectivity index (χ4v) is 2.89. The first kappa shape index (κ1) is 16.7. The highest BCUT2D eigenvalue weighted by molar-refractivity contribution is 9.10. The average Bonchev–Trinajstić information content (AvgIpc) is 2.40. The topological polar surface area (TPSA) is 32.7 Å². The van der Waals surface area contributed by atoms with Gasteiger partial charge in [0.25, 0.3) is 0 Å². The van der Waals surface area contributed by atoms with Gasteiger partial charge in [-0.05, 0) is 73.8 Å². The number of ether oxygens (including phenoxy) is 1. The van der Waals surface area contributed by atoms with E-state index in [1.54, 1.807) is 12.1 Å². The molecule has 1 aliphatic rings. The van der Waals surface area contributed by atoms with Gasteiger partial charge in [-0.1, -0.05) is 0 Å². The van der Waals surface area contributed by atoms with E-state index in [-0.39, 0.29) is 5.82 Å². The number of likely N-dealkylation sites (tertiary alicyclic amines) is 1. The van der Waals surface area contributed by atoms with Gasteiger partial charge < -0.3 is 14.7 Å². The van der Waals surface area contributed by atoms with Crippen LogP contribution in [0.25, 0.3) is 0 Å². The first-order valence-electron chi connectivity index (χ1n) is 7.36. The second-order valence-corrected chi connectivity index (χ2v) is 7.27. The Labute approximate surface area is 134 Å². The smallest absolute Gasteiger partial charge is 0.141 e. The van der Waals surface area contributed by atoms with Crippen molar-refractivity contribution in [3.8, 4) is 5.75 Å². The Morgan fingerprint density at radius 1 is 1.38 bits per heavy atom. The molecule has 1 aliphatic heterocycles. The summed E-state index contributed by atoms with van der Waals surface area (Å²) < 4.78 is 19.5. The molecule has 21 heavy (non-hydrogen) atoms. The maximum atomic E-state index is 13.4. The quantitative estimate of drug-likeness (QED) is 0.873. The van der Waals surface area contributed by atoms with Crippen LogP contribution in [-0.2, 0) is 0 Å². The van der Waals surface area contributed by atoms with Gasteiger partial charge in [0, 0.05) is 12.6 Å². The molecule has 118 valence electrons. The first-order valence-corrected chi connectivity index (χ1v) is 8.15. The zero-order valence-electron chi connectivity index (χ0n) is 12.6. The Morgan fingerprint density at radius 2 is 2.05 bits per heavy atom. The van der Waals surface area contributed by atoms with Crippen molar-refractivity contribution in [3.63, 3.8) is 0 Å². The van der Waals surface area contributed by atoms with Crippen LogP contribution < -0.4 is 4.74 Å². The van der Waals surface area contributed by atoms with Gasteiger partial charge in [-0.2, -0.15) is 0 Å². The number of hydrogen-bond donors (Lipinski definition) is 1. The van der Waals surface area contributed by atoms with Crippen LogP contribution >= 0.6 is 15.9 Å². The molecule has 1 heterocycles. The van der Waals surface area contributed by atoms with E-state index >= 15 is 0 Å². The SMILES string of the molecule is CC(C)(O)CN1CCC(COc2ccc(Br)c(F)c2)CC1. The lowest BCUT2D eigenvalue weighted by Gasteiger charge is -2.35. The van der Waals surface area contributed by atoms with Crippen molar-refractivity contribution in [3.05, 3.63) is 28.5 Å². The molecule has 1 N–H and O–H groups in total. The van der Waals surface area contributed by atoms with E-state index in [9.17, 15) is 9.50 Å². The molecule has 0 amide bonds. The van der Waals surface area contributed by atoms with Crippen molar-refractivity contribution in [2.24, 2.45) is 5.92 Å². The number of benzene rings is 1. The monoisotopic (exact) mass is 359 g/mol. The van der Waals surface area contributed by atoms with Crippen LogP contribution in [0.15, 0.2) is 22.7 Å². The molecule has 1 saturated heterocycles. The predicted molar refractivity (Wildman–Crippen MR) is 85.1 cm³/mol. The molecule has 0 unspecified atom stereocenters. The van der Waals surface area contributed by atoms with E-state index in [4.69, 9.17) is 4.74 Å². The summed E-state index contributed by atoms with van der Waals surface area (Å²) in [5.41, 5.74) is -0.641. The van der Waals surface area contributed by atoms with Crippen molar-refractivity contribution in [2.75, 3.05) is 26.2 Å². The third-order valence-corrected chi connectivity index (χ3v) is 4.34. The van der Waals surface area contributed by atoms with E-state index in [0.29, 0.717) is 29.3 Å². The van der Waals surface area contributed by atoms with Crippen LogP contribution in [0, 0.1) is 11.7 Å². The maximum absolute atomic E-state index is 13.4. The number of piperidine rings is 1. The Bertz CT molecular complexity index is 468. The van der Waals surface area contributed by atoms with Crippen LogP contribution in [0.3, 0.4) is 0 Å². The molecular formula is C16H23BrFNO2. The Morgan fingerprint density at radius 3 is 2.62 bits per heavy atom. The summed E-state index contributed by atoms with van der Waals surface area (Å²) in [6.45, 7) is 6.96. The summed E-state index contributed by atoms with van der Waals surface area (Å²) in [7, 11) is 0. The highest BCUT2D eigenvalue weighted by Crippen LogP contribution is 2.23. The summed E-state index contributed by atoms with van der Waals surface area (Å²) >= 11 is 3.13. The minimum Gasteiger partial charge on any atom is -0.493 e. The molecule has 5 heteroatoms. The van der Waals surface area contributed by atoms with Crippen LogP contribution in [0.4, 0.5) is 4.39 Å². The van der Waals surface area contributed by atoms with E-state index < -0.39 is 5.60 Å². The lowest BCUT2D eigenvalue weighted by Crippen LogP contribution is -2.43. The van der Waals surface area contributed by atoms with E-state index in [1.807, 2.05) is 13.8 Å². The first-order chi connectivity index (χ1) is 9.83. The number of β-amino-alcohol motifs (C(OH)–C–C–N with tert-alkyl or cyclic N) is 1. The van der Waals surface area contributed by atoms with Crippen molar-refractivity contribution in [2.45, 2.75) is 32.3 Å². The molecule has 1 aromatic rings. The van der Waals surface area contributed by atoms with Gasteiger partial charge in [0.2, 0.25) is 0 Å². The van der Waals surface area contributed by atoms with Crippen molar-refractivity contribution in [1.82, 2.24) is 4.90 Å². The molecule has 0 bridgehead atoms. The molecule has 0 spiro atoms. The van der Waals surface area contributed by atoms with Gasteiger partial charge in [0.05, 0.1) is 16.7 Å². The summed E-state index contributed by atoms with van der Waals surface area (Å²) in [6, 6.07) is 4.85. The zero-order chi connectivity index (χ0) is 15.5. The Kier molecular flexibility index (Phi) is 5.63. The number of aliphatic hydroxyl groups is 1. The molecule has 0 atom stereocenters. The van der Waals surface area contributed by atoms with Gasteiger partial charge in [0.15, 0.2) is 0 Å². The second-order valence-electron chi connectivity index (χ2n) is 6.42. The highest BCUT2D eigenvalue weighted by Gasteiger charge is 2.24. The lowest BCUT2D eigenvalue weighted by atomic mass is 9.96. The fraction of sp³-hybridized carbons (Fsp3) is 0.625. The lowest BCUT2D eigenvalue weighted by molar-refractivity contribution is 0.0212. The number of nitrogens with zero attached hydrogens (tertiary/aromatic N) is 1. The van der Waals surface area contributed by atoms with Crippen LogP contribution in [-0.4, -0.2) is 41.8 Å². The molecule has 1 fully saturated rings. The van der Waals surface area contributed by atoms with Crippen LogP contribution in [0.2, 0.25) is 0 Å². The summed E-state index contributed by atoms with van der Waals surface area (Å²) in [5, 5.41) is 9.83. The number of rotatable bonds is 5. The van der Waals surface area contributed by atoms with E-state index in [1.165, 1.54) is 6.07 Å². The Hall–Kier alpha value is -0.650. The third-order valence-electron chi connectivity index (χ3n) is 3.69. The minimum absolute atomic E-state index is 0.299. The van der Waals surface area contributed by atoms with Gasteiger partial charge in [0.1, 0.15) is 11.6 Å². The normalized spacial score (nSPS) is 18.0. The molecule has 0 aliphatic carbocycles. The zero-order valence-corrected chi connectivity index (χ0v) is 14.2. The molecule has 2 rings (SSSR count). The second kappa shape index (κ2) is 7.07. The van der Waals surface area contributed by atoms with Gasteiger partial charge in [-0.25, -0.2) is 4.39 Å². The highest BCUT2D eigenvalue weighted by atomic mass is 79.9. The third kappa shape index (κ3) is 5.57. The largest absolute Gasteiger partial charge is 0.493 e. The molecule has 1 aromatic carbocycles. The van der Waals surface area contributed by atoms with Crippen molar-refractivity contribution >= 4 is 15.9 Å². The number of hydrogen-bond acceptors (Lipinski definition) is 3. The summed E-state index contributed by atoms with van der Waals surface area (Å²) in [5.74, 6) is 0.775. The standard InChI is InChI=1S/C16H23BrFNO2/c1-16(2,20)11-19-7-5-12(6-8-19)10-21-13-3-4-14(17)15(18)9-13/h3-4,9,12,20H,5-8,10-11H2,1-2H3. The van der Waals surface area contributed by atoms with Crippen LogP contribution in [0.5, 0.6) is 5.75 Å². The van der Waals surface area contributed by atoms with Gasteiger partial charge >= 0.3 is 0 Å². The predicted octanol–water partition coefficient (Wildman–Crippen LogP) is 3.45. The van der Waals surface area contributed by atoms with Crippen molar-refractivity contribution < 1.29 is 14.2 Å². The van der Waals surface area contributed by atoms with Gasteiger partial charge in [-0.3, -0.25) is 0 Å². The fourth-order valence-electron chi connectivity index (χ4n) is 2.64. The average molecular weight is 360 g/mol. The maximum Gasteiger partial charge on any atom is 0.141 e. The Balaban J connectivity index is 1.75. The summed E-state index contributed by atoms with van der Waals surface area (Å²) in [4.78, 5) is 2.29. The van der Waals surface area contributed by atoms with E-state index in [2.05, 4.69) is 20.8 Å². The van der Waals surface area contributed by atoms with Gasteiger partial charge in [-0.15, -0.1) is 0 Å². The molecular weight excluding hydrogens is 337 g/mol. The minimum atomic E-state index is -0.641.